The lowest BCUT2D eigenvalue weighted by Crippen LogP contribution is -1.79. The SMILES string of the molecule is CCCCCC.Cc1ccnc2ccccc12. The van der Waals surface area contributed by atoms with Crippen LogP contribution in [0.5, 0.6) is 0 Å². The molecule has 17 heavy (non-hydrogen) atoms. The van der Waals surface area contributed by atoms with Crippen LogP contribution in [0, 0.1) is 6.92 Å². The summed E-state index contributed by atoms with van der Waals surface area (Å²) in [6.45, 7) is 6.56. The Morgan fingerprint density at radius 1 is 0.941 bits per heavy atom. The Balaban J connectivity index is 0.000000209. The van der Waals surface area contributed by atoms with Crippen LogP contribution in [0.2, 0.25) is 0 Å². The van der Waals surface area contributed by atoms with Crippen molar-refractivity contribution in [3.8, 4) is 0 Å². The number of fused-ring (bicyclic) bond motifs is 1. The lowest BCUT2D eigenvalue weighted by molar-refractivity contribution is 0.702. The molecule has 0 saturated heterocycles. The molecule has 0 fully saturated rings. The summed E-state index contributed by atoms with van der Waals surface area (Å²) >= 11 is 0. The first-order chi connectivity index (χ1) is 8.29. The summed E-state index contributed by atoms with van der Waals surface area (Å²) in [5.74, 6) is 0. The molecule has 0 unspecified atom stereocenters. The third kappa shape index (κ3) is 4.56. The van der Waals surface area contributed by atoms with Crippen LogP contribution < -0.4 is 0 Å². The highest BCUT2D eigenvalue weighted by Crippen LogP contribution is 2.13. The first kappa shape index (κ1) is 13.7. The highest BCUT2D eigenvalue weighted by atomic mass is 14.6. The standard InChI is InChI=1S/C10H9N.C6H14/c1-8-6-7-11-10-5-3-2-4-9(8)10;1-3-5-6-4-2/h2-7H,1H3;3-6H2,1-2H3. The van der Waals surface area contributed by atoms with E-state index in [-0.39, 0.29) is 0 Å². The van der Waals surface area contributed by atoms with Crippen molar-refractivity contribution in [3.05, 3.63) is 42.1 Å². The molecule has 0 aliphatic rings. The largest absolute Gasteiger partial charge is 0.256 e. The minimum atomic E-state index is 1.08. The van der Waals surface area contributed by atoms with E-state index < -0.39 is 0 Å². The van der Waals surface area contributed by atoms with E-state index >= 15 is 0 Å². The Hall–Kier alpha value is -1.37. The lowest BCUT2D eigenvalue weighted by atomic mass is 10.1. The molecular weight excluding hydrogens is 206 g/mol. The molecule has 92 valence electrons. The first-order valence-corrected chi connectivity index (χ1v) is 6.60. The van der Waals surface area contributed by atoms with Crippen LogP contribution in [0.25, 0.3) is 10.9 Å². The normalized spacial score (nSPS) is 9.82. The number of rotatable bonds is 3. The smallest absolute Gasteiger partial charge is 0.0704 e. The summed E-state index contributed by atoms with van der Waals surface area (Å²) in [6, 6.07) is 10.2. The first-order valence-electron chi connectivity index (χ1n) is 6.60. The fourth-order valence-electron chi connectivity index (χ4n) is 1.74. The average Bonchev–Trinajstić information content (AvgIpc) is 2.38. The van der Waals surface area contributed by atoms with E-state index in [0.29, 0.717) is 0 Å². The second kappa shape index (κ2) is 7.83. The van der Waals surface area contributed by atoms with Crippen molar-refractivity contribution in [3.63, 3.8) is 0 Å². The molecule has 0 spiro atoms. The fourth-order valence-corrected chi connectivity index (χ4v) is 1.74. The number of pyridine rings is 1. The van der Waals surface area contributed by atoms with Gasteiger partial charge in [-0.1, -0.05) is 57.7 Å². The predicted octanol–water partition coefficient (Wildman–Crippen LogP) is 5.13. The van der Waals surface area contributed by atoms with E-state index in [1.165, 1.54) is 36.6 Å². The zero-order valence-corrected chi connectivity index (χ0v) is 11.2. The second-order valence-corrected chi connectivity index (χ2v) is 4.35. The number of hydrogen-bond acceptors (Lipinski definition) is 1. The maximum absolute atomic E-state index is 4.24. The van der Waals surface area contributed by atoms with Crippen LogP contribution >= 0.6 is 0 Å². The zero-order valence-electron chi connectivity index (χ0n) is 11.2. The van der Waals surface area contributed by atoms with Crippen LogP contribution in [0.3, 0.4) is 0 Å². The minimum absolute atomic E-state index is 1.08. The molecule has 0 atom stereocenters. The molecule has 1 aromatic heterocycles. The van der Waals surface area contributed by atoms with Gasteiger partial charge in [-0.2, -0.15) is 0 Å². The Labute approximate surface area is 105 Å². The third-order valence-corrected chi connectivity index (χ3v) is 2.82. The maximum atomic E-state index is 4.24. The molecule has 0 N–H and O–H groups in total. The summed E-state index contributed by atoms with van der Waals surface area (Å²) in [7, 11) is 0. The molecule has 0 aliphatic heterocycles. The van der Waals surface area contributed by atoms with Crippen LogP contribution in [0.1, 0.15) is 45.1 Å². The van der Waals surface area contributed by atoms with Gasteiger partial charge in [0.15, 0.2) is 0 Å². The number of nitrogens with zero attached hydrogens (tertiary/aromatic N) is 1. The minimum Gasteiger partial charge on any atom is -0.256 e. The van der Waals surface area contributed by atoms with Gasteiger partial charge in [-0.05, 0) is 24.6 Å². The molecule has 0 bridgehead atoms. The Morgan fingerprint density at radius 2 is 1.59 bits per heavy atom. The molecule has 1 heteroatoms. The fraction of sp³-hybridized carbons (Fsp3) is 0.438. The number of aromatic nitrogens is 1. The van der Waals surface area contributed by atoms with E-state index in [1.807, 2.05) is 30.5 Å². The number of benzene rings is 1. The monoisotopic (exact) mass is 229 g/mol. The van der Waals surface area contributed by atoms with Crippen LogP contribution in [0.4, 0.5) is 0 Å². The topological polar surface area (TPSA) is 12.9 Å². The van der Waals surface area contributed by atoms with Crippen LogP contribution in [-0.4, -0.2) is 4.98 Å². The van der Waals surface area contributed by atoms with Crippen molar-refractivity contribution in [1.29, 1.82) is 0 Å². The van der Waals surface area contributed by atoms with Gasteiger partial charge in [0, 0.05) is 11.6 Å². The van der Waals surface area contributed by atoms with Gasteiger partial charge >= 0.3 is 0 Å². The van der Waals surface area contributed by atoms with Gasteiger partial charge in [0.25, 0.3) is 0 Å². The maximum Gasteiger partial charge on any atom is 0.0704 e. The van der Waals surface area contributed by atoms with Crippen LogP contribution in [0.15, 0.2) is 36.5 Å². The van der Waals surface area contributed by atoms with Gasteiger partial charge in [0.2, 0.25) is 0 Å². The van der Waals surface area contributed by atoms with Crippen molar-refractivity contribution in [2.75, 3.05) is 0 Å². The van der Waals surface area contributed by atoms with Crippen molar-refractivity contribution in [1.82, 2.24) is 4.98 Å². The molecule has 1 heterocycles. The zero-order chi connectivity index (χ0) is 12.5. The molecule has 0 radical (unpaired) electrons. The van der Waals surface area contributed by atoms with Gasteiger partial charge in [-0.25, -0.2) is 0 Å². The summed E-state index contributed by atoms with van der Waals surface area (Å²) in [4.78, 5) is 4.24. The lowest BCUT2D eigenvalue weighted by Gasteiger charge is -1.97. The predicted molar refractivity (Wildman–Crippen MR) is 76.3 cm³/mol. The second-order valence-electron chi connectivity index (χ2n) is 4.35. The summed E-state index contributed by atoms with van der Waals surface area (Å²) in [5.41, 5.74) is 2.36. The van der Waals surface area contributed by atoms with E-state index in [0.717, 1.165) is 5.52 Å². The Kier molecular flexibility index (Phi) is 6.31. The Morgan fingerprint density at radius 3 is 2.18 bits per heavy atom. The molecule has 1 nitrogen and oxygen atoms in total. The molecule has 2 aromatic rings. The van der Waals surface area contributed by atoms with Gasteiger partial charge in [0.05, 0.1) is 5.52 Å². The quantitative estimate of drug-likeness (QED) is 0.665. The van der Waals surface area contributed by atoms with E-state index in [9.17, 15) is 0 Å². The van der Waals surface area contributed by atoms with E-state index in [4.69, 9.17) is 0 Å². The Bertz CT molecular complexity index is 425. The van der Waals surface area contributed by atoms with E-state index in [2.05, 4.69) is 31.8 Å². The number of hydrogen-bond donors (Lipinski definition) is 0. The van der Waals surface area contributed by atoms with Gasteiger partial charge in [0.1, 0.15) is 0 Å². The highest BCUT2D eigenvalue weighted by molar-refractivity contribution is 5.81. The number of unbranched alkanes of at least 4 members (excludes halogenated alkanes) is 3. The molecule has 0 saturated carbocycles. The van der Waals surface area contributed by atoms with Gasteiger partial charge in [-0.3, -0.25) is 4.98 Å². The third-order valence-electron chi connectivity index (χ3n) is 2.82. The van der Waals surface area contributed by atoms with Crippen molar-refractivity contribution in [2.45, 2.75) is 46.5 Å². The van der Waals surface area contributed by atoms with Gasteiger partial charge in [-0.15, -0.1) is 0 Å². The van der Waals surface area contributed by atoms with E-state index in [1.54, 1.807) is 0 Å². The van der Waals surface area contributed by atoms with Gasteiger partial charge < -0.3 is 0 Å². The number of para-hydroxylation sites is 1. The number of aryl methyl sites for hydroxylation is 1. The molecule has 2 rings (SSSR count). The molecule has 0 aliphatic carbocycles. The van der Waals surface area contributed by atoms with Crippen molar-refractivity contribution < 1.29 is 0 Å². The summed E-state index contributed by atoms with van der Waals surface area (Å²) < 4.78 is 0. The van der Waals surface area contributed by atoms with Crippen molar-refractivity contribution >= 4 is 10.9 Å². The molecule has 0 amide bonds. The average molecular weight is 229 g/mol. The molecular formula is C16H23N. The molecule has 1 aromatic carbocycles. The summed E-state index contributed by atoms with van der Waals surface area (Å²) in [6.07, 6.45) is 7.38. The summed E-state index contributed by atoms with van der Waals surface area (Å²) in [5, 5.41) is 1.25. The highest BCUT2D eigenvalue weighted by Gasteiger charge is 1.93. The van der Waals surface area contributed by atoms with Crippen LogP contribution in [-0.2, 0) is 0 Å². The van der Waals surface area contributed by atoms with Crippen molar-refractivity contribution in [2.24, 2.45) is 0 Å².